The first kappa shape index (κ1) is 15.5. The first-order valence-corrected chi connectivity index (χ1v) is 7.29. The third-order valence-corrected chi connectivity index (χ3v) is 3.79. The van der Waals surface area contributed by atoms with Gasteiger partial charge >= 0.3 is 7.12 Å². The van der Waals surface area contributed by atoms with Gasteiger partial charge in [0.15, 0.2) is 0 Å². The van der Waals surface area contributed by atoms with Gasteiger partial charge in [0.05, 0.1) is 0 Å². The van der Waals surface area contributed by atoms with Gasteiger partial charge in [-0.1, -0.05) is 24.3 Å². The van der Waals surface area contributed by atoms with E-state index in [9.17, 15) is 10.0 Å². The molecular formula is C15H18BN5O2. The molecule has 8 heteroatoms. The molecule has 118 valence electrons. The van der Waals surface area contributed by atoms with E-state index in [0.29, 0.717) is 17.7 Å². The number of anilines is 1. The summed E-state index contributed by atoms with van der Waals surface area (Å²) in [6.07, 6.45) is 2.17. The maximum Gasteiger partial charge on any atom is 0.488 e. The van der Waals surface area contributed by atoms with Gasteiger partial charge in [0, 0.05) is 31.8 Å². The Balaban J connectivity index is 2.05. The van der Waals surface area contributed by atoms with E-state index in [1.165, 1.54) is 6.33 Å². The topological polar surface area (TPSA) is 86.8 Å². The number of nitrogens with zero attached hydrogens (tertiary/aromatic N) is 5. The Labute approximate surface area is 134 Å². The van der Waals surface area contributed by atoms with Crippen LogP contribution in [-0.2, 0) is 6.42 Å². The van der Waals surface area contributed by atoms with Gasteiger partial charge in [-0.2, -0.15) is 14.6 Å². The molecule has 23 heavy (non-hydrogen) atoms. The Morgan fingerprint density at radius 1 is 1.17 bits per heavy atom. The first-order chi connectivity index (χ1) is 11.0. The summed E-state index contributed by atoms with van der Waals surface area (Å²) in [6.45, 7) is 1.96. The molecule has 1 aromatic carbocycles. The summed E-state index contributed by atoms with van der Waals surface area (Å²) in [6, 6.07) is 7.20. The molecule has 0 atom stereocenters. The summed E-state index contributed by atoms with van der Waals surface area (Å²) in [5.41, 5.74) is 3.50. The van der Waals surface area contributed by atoms with Crippen molar-refractivity contribution in [2.24, 2.45) is 0 Å². The zero-order chi connectivity index (χ0) is 16.6. The molecule has 0 aliphatic carbocycles. The van der Waals surface area contributed by atoms with Crippen molar-refractivity contribution in [2.45, 2.75) is 13.3 Å². The van der Waals surface area contributed by atoms with E-state index in [2.05, 4.69) is 15.1 Å². The van der Waals surface area contributed by atoms with Crippen LogP contribution in [0.5, 0.6) is 0 Å². The number of hydrogen-bond donors (Lipinski definition) is 2. The Morgan fingerprint density at radius 3 is 2.48 bits per heavy atom. The van der Waals surface area contributed by atoms with Gasteiger partial charge in [0.2, 0.25) is 0 Å². The van der Waals surface area contributed by atoms with Gasteiger partial charge < -0.3 is 14.9 Å². The fraction of sp³-hybridized carbons (Fsp3) is 0.267. The molecule has 3 rings (SSSR count). The standard InChI is InChI=1S/C15H18BN5O2/c1-10-13(8-11-4-6-12(7-5-11)16(22)23)14(20(2)3)21-15(19-10)17-9-18-21/h4-7,9,22-23H,8H2,1-3H3. The Bertz CT molecular complexity index is 830. The Hall–Kier alpha value is -2.45. The van der Waals surface area contributed by atoms with Gasteiger partial charge in [-0.3, -0.25) is 0 Å². The van der Waals surface area contributed by atoms with Gasteiger partial charge in [0.25, 0.3) is 5.78 Å². The van der Waals surface area contributed by atoms with Crippen molar-refractivity contribution in [1.82, 2.24) is 19.6 Å². The molecule has 0 spiro atoms. The average Bonchev–Trinajstić information content (AvgIpc) is 2.95. The molecular weight excluding hydrogens is 293 g/mol. The van der Waals surface area contributed by atoms with E-state index in [1.807, 2.05) is 38.1 Å². The average molecular weight is 311 g/mol. The van der Waals surface area contributed by atoms with Gasteiger partial charge in [-0.25, -0.2) is 4.98 Å². The van der Waals surface area contributed by atoms with Gasteiger partial charge in [0.1, 0.15) is 12.1 Å². The highest BCUT2D eigenvalue weighted by Gasteiger charge is 2.17. The monoisotopic (exact) mass is 311 g/mol. The van der Waals surface area contributed by atoms with E-state index in [-0.39, 0.29) is 0 Å². The number of fused-ring (bicyclic) bond motifs is 1. The summed E-state index contributed by atoms with van der Waals surface area (Å²) in [5, 5.41) is 22.6. The number of hydrogen-bond acceptors (Lipinski definition) is 6. The van der Waals surface area contributed by atoms with Crippen molar-refractivity contribution in [3.63, 3.8) is 0 Å². The lowest BCUT2D eigenvalue weighted by molar-refractivity contribution is 0.426. The Kier molecular flexibility index (Phi) is 4.02. The molecule has 0 aliphatic rings. The van der Waals surface area contributed by atoms with E-state index in [4.69, 9.17) is 0 Å². The normalized spacial score (nSPS) is 11.0. The molecule has 0 aliphatic heterocycles. The number of aromatic nitrogens is 4. The molecule has 2 heterocycles. The van der Waals surface area contributed by atoms with Crippen LogP contribution >= 0.6 is 0 Å². The predicted octanol–water partition coefficient (Wildman–Crippen LogP) is -0.231. The minimum absolute atomic E-state index is 0.475. The van der Waals surface area contributed by atoms with Crippen molar-refractivity contribution >= 4 is 24.2 Å². The van der Waals surface area contributed by atoms with Crippen LogP contribution in [0.3, 0.4) is 0 Å². The van der Waals surface area contributed by atoms with Crippen molar-refractivity contribution in [1.29, 1.82) is 0 Å². The SMILES string of the molecule is Cc1nc2ncnn2c(N(C)C)c1Cc1ccc(B(O)O)cc1. The second-order valence-electron chi connectivity index (χ2n) is 5.66. The molecule has 7 nitrogen and oxygen atoms in total. The highest BCUT2D eigenvalue weighted by molar-refractivity contribution is 6.58. The third kappa shape index (κ3) is 2.90. The van der Waals surface area contributed by atoms with E-state index in [1.54, 1.807) is 16.6 Å². The zero-order valence-electron chi connectivity index (χ0n) is 13.3. The predicted molar refractivity (Wildman–Crippen MR) is 88.9 cm³/mol. The van der Waals surface area contributed by atoms with Gasteiger partial charge in [-0.05, 0) is 17.9 Å². The lowest BCUT2D eigenvalue weighted by atomic mass is 9.80. The van der Waals surface area contributed by atoms with Gasteiger partial charge in [-0.15, -0.1) is 0 Å². The smallest absolute Gasteiger partial charge is 0.423 e. The first-order valence-electron chi connectivity index (χ1n) is 7.29. The maximum absolute atomic E-state index is 9.18. The van der Waals surface area contributed by atoms with E-state index < -0.39 is 7.12 Å². The van der Waals surface area contributed by atoms with E-state index in [0.717, 1.165) is 22.6 Å². The van der Waals surface area contributed by atoms with Crippen LogP contribution in [0.25, 0.3) is 5.78 Å². The fourth-order valence-electron chi connectivity index (χ4n) is 2.65. The van der Waals surface area contributed by atoms with Crippen LogP contribution in [0, 0.1) is 6.92 Å². The number of aryl methyl sites for hydroxylation is 1. The summed E-state index contributed by atoms with van der Waals surface area (Å²) < 4.78 is 1.73. The highest BCUT2D eigenvalue weighted by Crippen LogP contribution is 2.24. The van der Waals surface area contributed by atoms with Crippen LogP contribution in [-0.4, -0.2) is 50.8 Å². The summed E-state index contributed by atoms with van der Waals surface area (Å²) in [7, 11) is 2.48. The van der Waals surface area contributed by atoms with Crippen molar-refractivity contribution in [3.05, 3.63) is 47.4 Å². The minimum Gasteiger partial charge on any atom is -0.423 e. The second kappa shape index (κ2) is 5.98. The molecule has 0 fully saturated rings. The maximum atomic E-state index is 9.18. The number of benzene rings is 1. The lowest BCUT2D eigenvalue weighted by Crippen LogP contribution is -2.29. The van der Waals surface area contributed by atoms with E-state index >= 15 is 0 Å². The fourth-order valence-corrected chi connectivity index (χ4v) is 2.65. The van der Waals surface area contributed by atoms with Crippen LogP contribution in [0.4, 0.5) is 5.82 Å². The quantitative estimate of drug-likeness (QED) is 0.647. The zero-order valence-corrected chi connectivity index (χ0v) is 13.3. The largest absolute Gasteiger partial charge is 0.488 e. The highest BCUT2D eigenvalue weighted by atomic mass is 16.4. The molecule has 0 saturated carbocycles. The van der Waals surface area contributed by atoms with Crippen molar-refractivity contribution in [3.8, 4) is 0 Å². The molecule has 3 aromatic rings. The minimum atomic E-state index is -1.45. The molecule has 2 N–H and O–H groups in total. The molecule has 0 saturated heterocycles. The summed E-state index contributed by atoms with van der Waals surface area (Å²) >= 11 is 0. The van der Waals surface area contributed by atoms with Crippen molar-refractivity contribution < 1.29 is 10.0 Å². The van der Waals surface area contributed by atoms with Crippen LogP contribution in [0.15, 0.2) is 30.6 Å². The molecule has 2 aromatic heterocycles. The van der Waals surface area contributed by atoms with Crippen LogP contribution in [0.1, 0.15) is 16.8 Å². The summed E-state index contributed by atoms with van der Waals surface area (Å²) in [5.74, 6) is 1.52. The molecule has 0 unspecified atom stereocenters. The lowest BCUT2D eigenvalue weighted by Gasteiger charge is -2.19. The summed E-state index contributed by atoms with van der Waals surface area (Å²) in [4.78, 5) is 10.7. The third-order valence-electron chi connectivity index (χ3n) is 3.79. The molecule has 0 amide bonds. The van der Waals surface area contributed by atoms with Crippen molar-refractivity contribution in [2.75, 3.05) is 19.0 Å². The van der Waals surface area contributed by atoms with Crippen LogP contribution in [0.2, 0.25) is 0 Å². The van der Waals surface area contributed by atoms with Crippen LogP contribution < -0.4 is 10.4 Å². The second-order valence-corrected chi connectivity index (χ2v) is 5.66. The molecule has 0 radical (unpaired) electrons. The number of rotatable bonds is 4. The molecule has 0 bridgehead atoms. The Morgan fingerprint density at radius 2 is 1.87 bits per heavy atom.